The Morgan fingerprint density at radius 3 is 2.28 bits per heavy atom. The second kappa shape index (κ2) is 8.83. The van der Waals surface area contributed by atoms with Crippen LogP contribution >= 0.6 is 0 Å². The van der Waals surface area contributed by atoms with Crippen molar-refractivity contribution in [2.75, 3.05) is 5.32 Å². The van der Waals surface area contributed by atoms with Gasteiger partial charge in [-0.15, -0.1) is 0 Å². The van der Waals surface area contributed by atoms with Crippen molar-refractivity contribution in [3.8, 4) is 6.07 Å². The first-order valence-corrected chi connectivity index (χ1v) is 10.2. The summed E-state index contributed by atoms with van der Waals surface area (Å²) in [7, 11) is 0. The smallest absolute Gasteiger partial charge is 0.367 e. The number of hydrogen-bond donors (Lipinski definition) is 2. The van der Waals surface area contributed by atoms with Gasteiger partial charge in [-0.2, -0.15) is 18.4 Å². The summed E-state index contributed by atoms with van der Waals surface area (Å²) in [6.07, 6.45) is -1.90. The highest BCUT2D eigenvalue weighted by atomic mass is 19.4. The summed E-state index contributed by atoms with van der Waals surface area (Å²) in [5.41, 5.74) is 1.20. The maximum absolute atomic E-state index is 13.2. The minimum Gasteiger partial charge on any atom is -0.367 e. The number of para-hydroxylation sites is 1. The van der Waals surface area contributed by atoms with E-state index in [1.54, 1.807) is 42.5 Å². The molecule has 0 spiro atoms. The third-order valence-electron chi connectivity index (χ3n) is 5.54. The van der Waals surface area contributed by atoms with Gasteiger partial charge in [0.15, 0.2) is 0 Å². The fraction of sp³-hybridized carbons (Fsp3) is 0.304. The highest BCUT2D eigenvalue weighted by molar-refractivity contribution is 5.94. The molecule has 0 bridgehead atoms. The van der Waals surface area contributed by atoms with Gasteiger partial charge < -0.3 is 10.6 Å². The maximum Gasteiger partial charge on any atom is 0.451 e. The van der Waals surface area contributed by atoms with Crippen LogP contribution in [-0.2, 0) is 6.18 Å². The standard InChI is InChI=1S/C23H20F3N5O/c24-23(25,26)22-30-19-4-2-1-3-18(19)20(31-22)28-16-9-11-17(12-10-16)29-21(32)15-7-5-14(13-27)6-8-15/h1-8,16-17H,9-12H2,(H,29,32)(H,28,30,31)/t16-,17+. The topological polar surface area (TPSA) is 90.7 Å². The molecule has 1 aliphatic carbocycles. The number of amides is 1. The zero-order valence-electron chi connectivity index (χ0n) is 17.0. The molecule has 4 rings (SSSR count). The minimum atomic E-state index is -4.63. The van der Waals surface area contributed by atoms with Crippen molar-refractivity contribution in [1.29, 1.82) is 5.26 Å². The number of carbonyl (C=O) groups is 1. The SMILES string of the molecule is N#Cc1ccc(C(=O)N[C@H]2CC[C@@H](Nc3nc(C(F)(F)F)nc4ccccc34)CC2)cc1. The summed E-state index contributed by atoms with van der Waals surface area (Å²) < 4.78 is 39.7. The van der Waals surface area contributed by atoms with Gasteiger partial charge in [-0.05, 0) is 62.1 Å². The van der Waals surface area contributed by atoms with E-state index in [2.05, 4.69) is 20.6 Å². The molecular formula is C23H20F3N5O. The number of rotatable bonds is 4. The molecular weight excluding hydrogens is 419 g/mol. The number of aromatic nitrogens is 2. The monoisotopic (exact) mass is 439 g/mol. The third-order valence-corrected chi connectivity index (χ3v) is 5.54. The molecule has 1 aromatic heterocycles. The van der Waals surface area contributed by atoms with Crippen molar-refractivity contribution >= 4 is 22.6 Å². The second-order valence-electron chi connectivity index (χ2n) is 7.77. The first-order chi connectivity index (χ1) is 15.3. The predicted octanol–water partition coefficient (Wildman–Crippen LogP) is 4.67. The van der Waals surface area contributed by atoms with Crippen LogP contribution in [0.4, 0.5) is 19.0 Å². The maximum atomic E-state index is 13.2. The van der Waals surface area contributed by atoms with Crippen LogP contribution < -0.4 is 10.6 Å². The number of anilines is 1. The molecule has 32 heavy (non-hydrogen) atoms. The van der Waals surface area contributed by atoms with Crippen LogP contribution in [0.15, 0.2) is 48.5 Å². The molecule has 1 saturated carbocycles. The summed E-state index contributed by atoms with van der Waals surface area (Å²) >= 11 is 0. The van der Waals surface area contributed by atoms with Gasteiger partial charge in [0.05, 0.1) is 17.1 Å². The number of nitrogens with one attached hydrogen (secondary N) is 2. The Morgan fingerprint density at radius 2 is 1.62 bits per heavy atom. The van der Waals surface area contributed by atoms with E-state index in [1.165, 1.54) is 6.07 Å². The molecule has 1 amide bonds. The molecule has 1 aliphatic rings. The van der Waals surface area contributed by atoms with Crippen molar-refractivity contribution < 1.29 is 18.0 Å². The van der Waals surface area contributed by atoms with Gasteiger partial charge in [0.1, 0.15) is 5.82 Å². The summed E-state index contributed by atoms with van der Waals surface area (Å²) in [4.78, 5) is 19.8. The van der Waals surface area contributed by atoms with E-state index in [1.807, 2.05) is 6.07 Å². The molecule has 0 atom stereocenters. The summed E-state index contributed by atoms with van der Waals surface area (Å²) in [6.45, 7) is 0. The number of benzene rings is 2. The Balaban J connectivity index is 1.40. The van der Waals surface area contributed by atoms with E-state index in [4.69, 9.17) is 5.26 Å². The normalized spacial score (nSPS) is 18.7. The molecule has 0 radical (unpaired) electrons. The lowest BCUT2D eigenvalue weighted by Gasteiger charge is -2.30. The fourth-order valence-electron chi connectivity index (χ4n) is 3.85. The number of nitrogens with zero attached hydrogens (tertiary/aromatic N) is 3. The molecule has 0 unspecified atom stereocenters. The molecule has 1 fully saturated rings. The van der Waals surface area contributed by atoms with Gasteiger partial charge in [-0.3, -0.25) is 4.79 Å². The van der Waals surface area contributed by atoms with E-state index in [0.717, 1.165) is 0 Å². The van der Waals surface area contributed by atoms with Crippen LogP contribution in [0.2, 0.25) is 0 Å². The number of halogens is 3. The van der Waals surface area contributed by atoms with Crippen molar-refractivity contribution in [1.82, 2.24) is 15.3 Å². The molecule has 6 nitrogen and oxygen atoms in total. The van der Waals surface area contributed by atoms with Gasteiger partial charge in [0.25, 0.3) is 5.91 Å². The zero-order chi connectivity index (χ0) is 22.7. The summed E-state index contributed by atoms with van der Waals surface area (Å²) in [5.74, 6) is -1.20. The van der Waals surface area contributed by atoms with E-state index in [9.17, 15) is 18.0 Å². The number of carbonyl (C=O) groups excluding carboxylic acids is 1. The van der Waals surface area contributed by atoms with Gasteiger partial charge in [-0.25, -0.2) is 9.97 Å². The lowest BCUT2D eigenvalue weighted by atomic mass is 9.91. The van der Waals surface area contributed by atoms with E-state index < -0.39 is 12.0 Å². The van der Waals surface area contributed by atoms with Crippen LogP contribution in [0.1, 0.15) is 47.4 Å². The van der Waals surface area contributed by atoms with Crippen LogP contribution in [0.5, 0.6) is 0 Å². The molecule has 9 heteroatoms. The Kier molecular flexibility index (Phi) is 5.95. The molecule has 164 valence electrons. The van der Waals surface area contributed by atoms with E-state index in [0.29, 0.717) is 42.2 Å². The first-order valence-electron chi connectivity index (χ1n) is 10.2. The van der Waals surface area contributed by atoms with Crippen LogP contribution in [-0.4, -0.2) is 28.0 Å². The molecule has 3 aromatic rings. The van der Waals surface area contributed by atoms with Crippen molar-refractivity contribution in [3.63, 3.8) is 0 Å². The van der Waals surface area contributed by atoms with Crippen molar-refractivity contribution in [2.45, 2.75) is 43.9 Å². The Labute approximate surface area is 182 Å². The van der Waals surface area contributed by atoms with Gasteiger partial charge >= 0.3 is 6.18 Å². The van der Waals surface area contributed by atoms with Crippen LogP contribution in [0.3, 0.4) is 0 Å². The second-order valence-corrected chi connectivity index (χ2v) is 7.77. The molecule has 2 N–H and O–H groups in total. The lowest BCUT2D eigenvalue weighted by Crippen LogP contribution is -2.40. The van der Waals surface area contributed by atoms with Crippen molar-refractivity contribution in [2.24, 2.45) is 0 Å². The predicted molar refractivity (Wildman–Crippen MR) is 113 cm³/mol. The van der Waals surface area contributed by atoms with Crippen molar-refractivity contribution in [3.05, 3.63) is 65.5 Å². The first kappa shape index (κ1) is 21.6. The quantitative estimate of drug-likeness (QED) is 0.616. The Bertz CT molecular complexity index is 1160. The number of fused-ring (bicyclic) bond motifs is 1. The van der Waals surface area contributed by atoms with Gasteiger partial charge in [0, 0.05) is 23.0 Å². The number of nitriles is 1. The summed E-state index contributed by atoms with van der Waals surface area (Å²) in [5, 5.41) is 15.5. The fourth-order valence-corrected chi connectivity index (χ4v) is 3.85. The molecule has 0 aliphatic heterocycles. The Hall–Kier alpha value is -3.67. The summed E-state index contributed by atoms with van der Waals surface area (Å²) in [6, 6.07) is 14.9. The van der Waals surface area contributed by atoms with E-state index >= 15 is 0 Å². The van der Waals surface area contributed by atoms with Crippen LogP contribution in [0.25, 0.3) is 10.9 Å². The van der Waals surface area contributed by atoms with E-state index in [-0.39, 0.29) is 29.3 Å². The lowest BCUT2D eigenvalue weighted by molar-refractivity contribution is -0.144. The highest BCUT2D eigenvalue weighted by Gasteiger charge is 2.36. The largest absolute Gasteiger partial charge is 0.451 e. The van der Waals surface area contributed by atoms with Crippen LogP contribution in [0, 0.1) is 11.3 Å². The molecule has 1 heterocycles. The highest BCUT2D eigenvalue weighted by Crippen LogP contribution is 2.31. The Morgan fingerprint density at radius 1 is 0.969 bits per heavy atom. The average Bonchev–Trinajstić information content (AvgIpc) is 2.79. The minimum absolute atomic E-state index is 0.0240. The molecule has 0 saturated heterocycles. The average molecular weight is 439 g/mol. The zero-order valence-corrected chi connectivity index (χ0v) is 17.0. The number of hydrogen-bond acceptors (Lipinski definition) is 5. The van der Waals surface area contributed by atoms with Gasteiger partial charge in [-0.1, -0.05) is 12.1 Å². The molecule has 2 aromatic carbocycles. The van der Waals surface area contributed by atoms with Gasteiger partial charge in [0.2, 0.25) is 5.82 Å². The third kappa shape index (κ3) is 4.80. The number of alkyl halides is 3.